The van der Waals surface area contributed by atoms with Gasteiger partial charge in [0.1, 0.15) is 36.8 Å². The molecule has 1 saturated heterocycles. The van der Waals surface area contributed by atoms with E-state index < -0.39 is 36.7 Å². The zero-order valence-corrected chi connectivity index (χ0v) is 14.0. The van der Waals surface area contributed by atoms with E-state index in [0.717, 1.165) is 5.56 Å². The lowest BCUT2D eigenvalue weighted by Crippen LogP contribution is -2.60. The summed E-state index contributed by atoms with van der Waals surface area (Å²) in [6.07, 6.45) is -6.48. The van der Waals surface area contributed by atoms with Gasteiger partial charge in [-0.25, -0.2) is 0 Å². The van der Waals surface area contributed by atoms with E-state index in [9.17, 15) is 20.1 Å². The largest absolute Gasteiger partial charge is 0.463 e. The molecular formula is C17H24O7. The first-order chi connectivity index (χ1) is 11.3. The smallest absolute Gasteiger partial charge is 0.308 e. The summed E-state index contributed by atoms with van der Waals surface area (Å²) in [6, 6.07) is 7.07. The average molecular weight is 340 g/mol. The van der Waals surface area contributed by atoms with E-state index in [1.54, 1.807) is 26.0 Å². The molecule has 0 aliphatic carbocycles. The molecule has 0 aromatic heterocycles. The standard InChI is InChI=1S/C17H24O7/c1-9(2)16(21)22-8-12-13(18)14(19)15(20)17(24-12)23-11-6-4-10(3)5-7-11/h4-7,9,12-15,17-20H,8H2,1-3H3/t12-,13-,14+,15+,17+/m1/s1. The number of aryl methyl sites for hydroxylation is 1. The third kappa shape index (κ3) is 4.45. The second-order valence-corrected chi connectivity index (χ2v) is 6.23. The number of carbonyl (C=O) groups excluding carboxylic acids is 1. The quantitative estimate of drug-likeness (QED) is 0.666. The lowest BCUT2D eigenvalue weighted by molar-refractivity contribution is -0.278. The maximum atomic E-state index is 11.5. The van der Waals surface area contributed by atoms with Gasteiger partial charge >= 0.3 is 5.97 Å². The van der Waals surface area contributed by atoms with Crippen LogP contribution in [0, 0.1) is 12.8 Å². The number of hydrogen-bond donors (Lipinski definition) is 3. The SMILES string of the molecule is Cc1ccc(O[C@H]2O[C@H](COC(=O)C(C)C)[C@@H](O)[C@H](O)[C@@H]2O)cc1. The van der Waals surface area contributed by atoms with Crippen molar-refractivity contribution in [3.8, 4) is 5.75 Å². The van der Waals surface area contributed by atoms with Gasteiger partial charge in [-0.3, -0.25) is 4.79 Å². The fourth-order valence-electron chi connectivity index (χ4n) is 2.23. The van der Waals surface area contributed by atoms with Crippen LogP contribution in [0.5, 0.6) is 5.75 Å². The molecule has 0 amide bonds. The van der Waals surface area contributed by atoms with Gasteiger partial charge in [0, 0.05) is 0 Å². The van der Waals surface area contributed by atoms with Gasteiger partial charge < -0.3 is 29.5 Å². The molecule has 5 atom stereocenters. The van der Waals surface area contributed by atoms with Crippen LogP contribution in [-0.4, -0.2) is 58.6 Å². The van der Waals surface area contributed by atoms with Crippen molar-refractivity contribution in [3.63, 3.8) is 0 Å². The van der Waals surface area contributed by atoms with Gasteiger partial charge in [0.05, 0.1) is 5.92 Å². The minimum absolute atomic E-state index is 0.240. The van der Waals surface area contributed by atoms with Crippen LogP contribution in [0.25, 0.3) is 0 Å². The third-order valence-corrected chi connectivity index (χ3v) is 3.80. The first-order valence-electron chi connectivity index (χ1n) is 7.89. The second-order valence-electron chi connectivity index (χ2n) is 6.23. The maximum absolute atomic E-state index is 11.5. The predicted molar refractivity (Wildman–Crippen MR) is 84.3 cm³/mol. The monoisotopic (exact) mass is 340 g/mol. The average Bonchev–Trinajstić information content (AvgIpc) is 2.55. The van der Waals surface area contributed by atoms with Crippen LogP contribution < -0.4 is 4.74 Å². The number of rotatable bonds is 5. The molecule has 1 aromatic carbocycles. The van der Waals surface area contributed by atoms with E-state index in [4.69, 9.17) is 14.2 Å². The molecule has 3 N–H and O–H groups in total. The summed E-state index contributed by atoms with van der Waals surface area (Å²) in [7, 11) is 0. The number of esters is 1. The molecular weight excluding hydrogens is 316 g/mol. The summed E-state index contributed by atoms with van der Waals surface area (Å²) in [5.41, 5.74) is 1.04. The van der Waals surface area contributed by atoms with Crippen LogP contribution in [0.2, 0.25) is 0 Å². The van der Waals surface area contributed by atoms with Gasteiger partial charge in [-0.1, -0.05) is 31.5 Å². The molecule has 134 valence electrons. The maximum Gasteiger partial charge on any atom is 0.308 e. The number of hydrogen-bond acceptors (Lipinski definition) is 7. The predicted octanol–water partition coefficient (Wildman–Crippen LogP) is 0.381. The minimum atomic E-state index is -1.48. The van der Waals surface area contributed by atoms with E-state index in [0.29, 0.717) is 5.75 Å². The molecule has 1 aliphatic rings. The second kappa shape index (κ2) is 7.94. The Morgan fingerprint density at radius 3 is 2.33 bits per heavy atom. The van der Waals surface area contributed by atoms with Crippen molar-refractivity contribution in [3.05, 3.63) is 29.8 Å². The summed E-state index contributed by atoms with van der Waals surface area (Å²) in [5.74, 6) is -0.311. The molecule has 0 radical (unpaired) electrons. The number of aliphatic hydroxyl groups is 3. The van der Waals surface area contributed by atoms with Gasteiger partial charge in [0.15, 0.2) is 0 Å². The van der Waals surface area contributed by atoms with Crippen LogP contribution in [0.4, 0.5) is 0 Å². The number of aliphatic hydroxyl groups excluding tert-OH is 3. The van der Waals surface area contributed by atoms with Crippen molar-refractivity contribution in [1.29, 1.82) is 0 Å². The van der Waals surface area contributed by atoms with E-state index in [1.165, 1.54) is 0 Å². The highest BCUT2D eigenvalue weighted by Crippen LogP contribution is 2.25. The van der Waals surface area contributed by atoms with Gasteiger partial charge in [-0.2, -0.15) is 0 Å². The highest BCUT2D eigenvalue weighted by Gasteiger charge is 2.45. The lowest BCUT2D eigenvalue weighted by atomic mass is 9.99. The molecule has 0 unspecified atom stereocenters. The Bertz CT molecular complexity index is 542. The van der Waals surface area contributed by atoms with Crippen molar-refractivity contribution in [1.82, 2.24) is 0 Å². The van der Waals surface area contributed by atoms with E-state index in [-0.39, 0.29) is 12.5 Å². The fourth-order valence-corrected chi connectivity index (χ4v) is 2.23. The van der Waals surface area contributed by atoms with Crippen LogP contribution in [0.3, 0.4) is 0 Å². The molecule has 1 fully saturated rings. The zero-order chi connectivity index (χ0) is 17.9. The Morgan fingerprint density at radius 2 is 1.75 bits per heavy atom. The van der Waals surface area contributed by atoms with Crippen LogP contribution in [0.1, 0.15) is 19.4 Å². The van der Waals surface area contributed by atoms with Gasteiger partial charge in [-0.15, -0.1) is 0 Å². The number of benzene rings is 1. The first kappa shape index (κ1) is 18.7. The summed E-state index contributed by atoms with van der Waals surface area (Å²) in [5, 5.41) is 30.0. The van der Waals surface area contributed by atoms with Gasteiger partial charge in [-0.05, 0) is 19.1 Å². The van der Waals surface area contributed by atoms with E-state index in [2.05, 4.69) is 0 Å². The minimum Gasteiger partial charge on any atom is -0.463 e. The van der Waals surface area contributed by atoms with E-state index in [1.807, 2.05) is 19.1 Å². The van der Waals surface area contributed by atoms with Crippen LogP contribution >= 0.6 is 0 Å². The number of ether oxygens (including phenoxy) is 3. The highest BCUT2D eigenvalue weighted by molar-refractivity contribution is 5.71. The van der Waals surface area contributed by atoms with Crippen molar-refractivity contribution < 1.29 is 34.3 Å². The molecule has 0 spiro atoms. The van der Waals surface area contributed by atoms with Crippen molar-refractivity contribution in [2.75, 3.05) is 6.61 Å². The molecule has 1 aliphatic heterocycles. The molecule has 0 saturated carbocycles. The highest BCUT2D eigenvalue weighted by atomic mass is 16.7. The summed E-state index contributed by atoms with van der Waals surface area (Å²) >= 11 is 0. The molecule has 1 heterocycles. The Balaban J connectivity index is 2.02. The molecule has 24 heavy (non-hydrogen) atoms. The lowest BCUT2D eigenvalue weighted by Gasteiger charge is -2.40. The van der Waals surface area contributed by atoms with Crippen LogP contribution in [-0.2, 0) is 14.3 Å². The van der Waals surface area contributed by atoms with Crippen molar-refractivity contribution >= 4 is 5.97 Å². The Hall–Kier alpha value is -1.67. The molecule has 0 bridgehead atoms. The molecule has 1 aromatic rings. The zero-order valence-electron chi connectivity index (χ0n) is 14.0. The first-order valence-corrected chi connectivity index (χ1v) is 7.89. The summed E-state index contributed by atoms with van der Waals surface area (Å²) in [4.78, 5) is 11.5. The third-order valence-electron chi connectivity index (χ3n) is 3.80. The summed E-state index contributed by atoms with van der Waals surface area (Å²) < 4.78 is 16.1. The topological polar surface area (TPSA) is 105 Å². The van der Waals surface area contributed by atoms with Gasteiger partial charge in [0.25, 0.3) is 0 Å². The summed E-state index contributed by atoms with van der Waals surface area (Å²) in [6.45, 7) is 5.05. The Labute approximate surface area is 140 Å². The van der Waals surface area contributed by atoms with Crippen molar-refractivity contribution in [2.45, 2.75) is 51.5 Å². The number of carbonyl (C=O) groups is 1. The fraction of sp³-hybridized carbons (Fsp3) is 0.588. The molecule has 2 rings (SSSR count). The Kier molecular flexibility index (Phi) is 6.17. The van der Waals surface area contributed by atoms with Crippen molar-refractivity contribution in [2.24, 2.45) is 5.92 Å². The normalized spacial score (nSPS) is 30.2. The van der Waals surface area contributed by atoms with Gasteiger partial charge in [0.2, 0.25) is 6.29 Å². The molecule has 7 heteroatoms. The molecule has 7 nitrogen and oxygen atoms in total. The van der Waals surface area contributed by atoms with Crippen LogP contribution in [0.15, 0.2) is 24.3 Å². The Morgan fingerprint density at radius 1 is 1.12 bits per heavy atom. The van der Waals surface area contributed by atoms with E-state index >= 15 is 0 Å².